The number of nitrogens with two attached hydrogens (primary N) is 1. The first-order valence-electron chi connectivity index (χ1n) is 8.95. The third kappa shape index (κ3) is 7.15. The van der Waals surface area contributed by atoms with E-state index in [0.29, 0.717) is 5.56 Å². The minimum Gasteiger partial charge on any atom is -0.508 e. The third-order valence-corrected chi connectivity index (χ3v) is 4.09. The van der Waals surface area contributed by atoms with Gasteiger partial charge >= 0.3 is 6.09 Å². The van der Waals surface area contributed by atoms with E-state index in [-0.39, 0.29) is 18.8 Å². The van der Waals surface area contributed by atoms with Gasteiger partial charge in [0.05, 0.1) is 0 Å². The number of carbonyl (C=O) groups excluding carboxylic acids is 3. The van der Waals surface area contributed by atoms with Gasteiger partial charge in [0.25, 0.3) is 5.91 Å². The van der Waals surface area contributed by atoms with Gasteiger partial charge in [0.2, 0.25) is 5.91 Å². The van der Waals surface area contributed by atoms with Crippen molar-refractivity contribution in [1.29, 1.82) is 0 Å². The van der Waals surface area contributed by atoms with Gasteiger partial charge in [0.1, 0.15) is 24.4 Å². The average molecular weight is 400 g/mol. The van der Waals surface area contributed by atoms with Crippen molar-refractivity contribution in [3.05, 3.63) is 65.7 Å². The van der Waals surface area contributed by atoms with Gasteiger partial charge < -0.3 is 20.5 Å². The van der Waals surface area contributed by atoms with Gasteiger partial charge in [0, 0.05) is 6.42 Å². The molecule has 0 heterocycles. The van der Waals surface area contributed by atoms with Crippen LogP contribution >= 0.6 is 0 Å². The molecule has 2 unspecified atom stereocenters. The Bertz CT molecular complexity index is 827. The Balaban J connectivity index is 1.88. The number of nitrogens with one attached hydrogen (secondary N) is 3. The van der Waals surface area contributed by atoms with Gasteiger partial charge in [0.15, 0.2) is 0 Å². The number of hydrazine groups is 1. The van der Waals surface area contributed by atoms with Gasteiger partial charge in [-0.05, 0) is 30.2 Å². The highest BCUT2D eigenvalue weighted by Gasteiger charge is 2.24. The topological polar surface area (TPSA) is 143 Å². The second-order valence-electron chi connectivity index (χ2n) is 6.37. The molecule has 0 saturated heterocycles. The molecule has 2 aromatic carbocycles. The SMILES string of the molecule is CC(NC(=O)OCc1ccccc1)C(=O)NC(Cc1ccc(O)cc1)C(=O)NN. The quantitative estimate of drug-likeness (QED) is 0.251. The summed E-state index contributed by atoms with van der Waals surface area (Å²) in [5.74, 6) is 4.12. The first-order valence-corrected chi connectivity index (χ1v) is 8.95. The number of phenolic OH excluding ortho intramolecular Hbond substituents is 1. The summed E-state index contributed by atoms with van der Waals surface area (Å²) in [5, 5.41) is 14.3. The lowest BCUT2D eigenvalue weighted by Crippen LogP contribution is -2.54. The number of carbonyl (C=O) groups is 3. The van der Waals surface area contributed by atoms with Crippen LogP contribution in [0, 0.1) is 0 Å². The fourth-order valence-corrected chi connectivity index (χ4v) is 2.48. The first kappa shape index (κ1) is 21.7. The van der Waals surface area contributed by atoms with E-state index in [2.05, 4.69) is 10.6 Å². The summed E-state index contributed by atoms with van der Waals surface area (Å²) < 4.78 is 5.08. The molecule has 0 aromatic heterocycles. The van der Waals surface area contributed by atoms with Gasteiger partial charge in [-0.1, -0.05) is 42.5 Å². The first-order chi connectivity index (χ1) is 13.9. The molecule has 0 aliphatic heterocycles. The summed E-state index contributed by atoms with van der Waals surface area (Å²) in [6.07, 6.45) is -0.602. The zero-order chi connectivity index (χ0) is 21.2. The zero-order valence-corrected chi connectivity index (χ0v) is 15.9. The average Bonchev–Trinajstić information content (AvgIpc) is 2.73. The van der Waals surface area contributed by atoms with Crippen molar-refractivity contribution >= 4 is 17.9 Å². The molecule has 0 bridgehead atoms. The predicted molar refractivity (Wildman–Crippen MR) is 105 cm³/mol. The highest BCUT2D eigenvalue weighted by Crippen LogP contribution is 2.11. The van der Waals surface area contributed by atoms with Crippen molar-refractivity contribution in [1.82, 2.24) is 16.1 Å². The van der Waals surface area contributed by atoms with Crippen LogP contribution in [0.3, 0.4) is 0 Å². The van der Waals surface area contributed by atoms with E-state index >= 15 is 0 Å². The lowest BCUT2D eigenvalue weighted by Gasteiger charge is -2.20. The zero-order valence-electron chi connectivity index (χ0n) is 15.9. The van der Waals surface area contributed by atoms with E-state index in [1.807, 2.05) is 35.8 Å². The standard InChI is InChI=1S/C20H24N4O5/c1-13(22-20(28)29-12-15-5-3-2-4-6-15)18(26)23-17(19(27)24-21)11-14-7-9-16(25)10-8-14/h2-10,13,17,25H,11-12,21H2,1H3,(H,22,28)(H,23,26)(H,24,27). The van der Waals surface area contributed by atoms with Crippen molar-refractivity contribution in [2.24, 2.45) is 5.84 Å². The molecule has 2 rings (SSSR count). The summed E-state index contributed by atoms with van der Waals surface area (Å²) in [7, 11) is 0. The molecule has 0 aliphatic carbocycles. The number of amides is 3. The Kier molecular flexibility index (Phi) is 7.99. The van der Waals surface area contributed by atoms with Crippen LogP contribution in [0.5, 0.6) is 5.75 Å². The summed E-state index contributed by atoms with van der Waals surface area (Å²) in [4.78, 5) is 36.3. The number of aromatic hydroxyl groups is 1. The Labute approximate surface area is 168 Å². The lowest BCUT2D eigenvalue weighted by molar-refractivity contribution is -0.129. The Hall–Kier alpha value is -3.59. The highest BCUT2D eigenvalue weighted by molar-refractivity contribution is 5.91. The second kappa shape index (κ2) is 10.7. The van der Waals surface area contributed by atoms with E-state index < -0.39 is 30.0 Å². The predicted octanol–water partition coefficient (Wildman–Crippen LogP) is 0.724. The number of benzene rings is 2. The Morgan fingerprint density at radius 1 is 0.966 bits per heavy atom. The molecular weight excluding hydrogens is 376 g/mol. The van der Waals surface area contributed by atoms with Gasteiger partial charge in [-0.25, -0.2) is 10.6 Å². The molecule has 6 N–H and O–H groups in total. The molecule has 29 heavy (non-hydrogen) atoms. The molecule has 0 aliphatic rings. The molecule has 9 nitrogen and oxygen atoms in total. The number of rotatable bonds is 8. The molecule has 154 valence electrons. The molecule has 0 spiro atoms. The fourth-order valence-electron chi connectivity index (χ4n) is 2.48. The van der Waals surface area contributed by atoms with Crippen LogP contribution in [0.15, 0.2) is 54.6 Å². The van der Waals surface area contributed by atoms with E-state index in [4.69, 9.17) is 10.6 Å². The number of hydrogen-bond donors (Lipinski definition) is 5. The van der Waals surface area contributed by atoms with Crippen LogP contribution in [0.1, 0.15) is 18.1 Å². The summed E-state index contributed by atoms with van der Waals surface area (Å²) in [6, 6.07) is 13.4. The monoisotopic (exact) mass is 400 g/mol. The lowest BCUT2D eigenvalue weighted by atomic mass is 10.0. The third-order valence-electron chi connectivity index (χ3n) is 4.09. The van der Waals surface area contributed by atoms with Crippen LogP contribution in [-0.2, 0) is 27.4 Å². The molecule has 2 aromatic rings. The fraction of sp³-hybridized carbons (Fsp3) is 0.250. The number of alkyl carbamates (subject to hydrolysis) is 1. The van der Waals surface area contributed by atoms with Crippen LogP contribution < -0.4 is 21.9 Å². The van der Waals surface area contributed by atoms with Crippen molar-refractivity contribution in [3.8, 4) is 5.75 Å². The summed E-state index contributed by atoms with van der Waals surface area (Å²) in [5.41, 5.74) is 3.53. The van der Waals surface area contributed by atoms with E-state index in [1.165, 1.54) is 19.1 Å². The van der Waals surface area contributed by atoms with E-state index in [1.54, 1.807) is 12.1 Å². The maximum Gasteiger partial charge on any atom is 0.408 e. The second-order valence-corrected chi connectivity index (χ2v) is 6.37. The smallest absolute Gasteiger partial charge is 0.408 e. The summed E-state index contributed by atoms with van der Waals surface area (Å²) >= 11 is 0. The summed E-state index contributed by atoms with van der Waals surface area (Å²) in [6.45, 7) is 1.54. The maximum atomic E-state index is 12.4. The van der Waals surface area contributed by atoms with Gasteiger partial charge in [-0.3, -0.25) is 15.0 Å². The van der Waals surface area contributed by atoms with Crippen LogP contribution in [0.25, 0.3) is 0 Å². The molecule has 2 atom stereocenters. The normalized spacial score (nSPS) is 12.3. The van der Waals surface area contributed by atoms with Crippen molar-refractivity contribution in [2.45, 2.75) is 32.0 Å². The largest absolute Gasteiger partial charge is 0.508 e. The number of hydrogen-bond acceptors (Lipinski definition) is 6. The van der Waals surface area contributed by atoms with Crippen molar-refractivity contribution in [2.75, 3.05) is 0 Å². The molecule has 0 saturated carbocycles. The number of ether oxygens (including phenoxy) is 1. The minimum atomic E-state index is -0.957. The van der Waals surface area contributed by atoms with Crippen molar-refractivity contribution < 1.29 is 24.2 Å². The van der Waals surface area contributed by atoms with E-state index in [9.17, 15) is 19.5 Å². The van der Waals surface area contributed by atoms with Crippen LogP contribution in [-0.4, -0.2) is 35.1 Å². The molecule has 3 amide bonds. The number of phenols is 1. The Morgan fingerprint density at radius 3 is 2.24 bits per heavy atom. The highest BCUT2D eigenvalue weighted by atomic mass is 16.5. The molecule has 9 heteroatoms. The minimum absolute atomic E-state index is 0.0695. The molecule has 0 radical (unpaired) electrons. The van der Waals surface area contributed by atoms with E-state index in [0.717, 1.165) is 5.56 Å². The van der Waals surface area contributed by atoms with Crippen LogP contribution in [0.4, 0.5) is 4.79 Å². The van der Waals surface area contributed by atoms with Crippen LogP contribution in [0.2, 0.25) is 0 Å². The molecule has 0 fully saturated rings. The maximum absolute atomic E-state index is 12.4. The molecular formula is C20H24N4O5. The van der Waals surface area contributed by atoms with Crippen molar-refractivity contribution in [3.63, 3.8) is 0 Å². The Morgan fingerprint density at radius 2 is 1.62 bits per heavy atom. The van der Waals surface area contributed by atoms with Gasteiger partial charge in [-0.2, -0.15) is 0 Å². The van der Waals surface area contributed by atoms with Gasteiger partial charge in [-0.15, -0.1) is 0 Å².